The maximum absolute atomic E-state index is 11.2. The molecule has 74 valence electrons. The Morgan fingerprint density at radius 2 is 2.40 bits per heavy atom. The van der Waals surface area contributed by atoms with Crippen LogP contribution >= 0.6 is 11.6 Å². The predicted octanol–water partition coefficient (Wildman–Crippen LogP) is 1.30. The molecule has 0 radical (unpaired) electrons. The van der Waals surface area contributed by atoms with Gasteiger partial charge in [0.1, 0.15) is 10.8 Å². The highest BCUT2D eigenvalue weighted by Crippen LogP contribution is 2.24. The summed E-state index contributed by atoms with van der Waals surface area (Å²) < 4.78 is 0. The van der Waals surface area contributed by atoms with Crippen LogP contribution in [0.2, 0.25) is 5.15 Å². The minimum atomic E-state index is -0.677. The summed E-state index contributed by atoms with van der Waals surface area (Å²) in [6, 6.07) is 1.72. The van der Waals surface area contributed by atoms with Crippen molar-refractivity contribution >= 4 is 28.5 Å². The fraction of sp³-hybridized carbons (Fsp3) is 0. The number of primary amides is 1. The summed E-state index contributed by atoms with van der Waals surface area (Å²) in [5, 5.41) is 0.682. The molecule has 15 heavy (non-hydrogen) atoms. The third-order valence-electron chi connectivity index (χ3n) is 2.05. The van der Waals surface area contributed by atoms with Crippen molar-refractivity contribution in [1.29, 1.82) is 0 Å². The molecule has 0 unspecified atom stereocenters. The van der Waals surface area contributed by atoms with Crippen LogP contribution in [0.1, 0.15) is 15.9 Å². The number of carbonyl (C=O) groups excluding carboxylic acids is 1. The van der Waals surface area contributed by atoms with Gasteiger partial charge in [-0.3, -0.25) is 4.79 Å². The summed E-state index contributed by atoms with van der Waals surface area (Å²) in [4.78, 5) is 18.0. The van der Waals surface area contributed by atoms with Gasteiger partial charge in [0.25, 0.3) is 5.91 Å². The zero-order valence-corrected chi connectivity index (χ0v) is 8.30. The maximum Gasteiger partial charge on any atom is 0.253 e. The average molecular weight is 220 g/mol. The van der Waals surface area contributed by atoms with E-state index in [1.807, 2.05) is 0 Å². The number of fused-ring (bicyclic) bond motifs is 1. The van der Waals surface area contributed by atoms with Crippen LogP contribution in [0.5, 0.6) is 0 Å². The van der Waals surface area contributed by atoms with Crippen LogP contribution in [-0.4, -0.2) is 15.9 Å². The van der Waals surface area contributed by atoms with Crippen molar-refractivity contribution in [2.24, 2.45) is 5.73 Å². The van der Waals surface area contributed by atoms with Crippen LogP contribution in [0.3, 0.4) is 0 Å². The molecular formula is C10H6ClN3O. The summed E-state index contributed by atoms with van der Waals surface area (Å²) in [5.74, 6) is 1.72. The lowest BCUT2D eigenvalue weighted by molar-refractivity contribution is 0.1000. The molecular weight excluding hydrogens is 214 g/mol. The molecule has 0 saturated heterocycles. The first kappa shape index (κ1) is 9.56. The molecule has 2 rings (SSSR count). The minimum Gasteiger partial charge on any atom is -0.365 e. The Morgan fingerprint density at radius 3 is 3.00 bits per heavy atom. The summed E-state index contributed by atoms with van der Waals surface area (Å²) >= 11 is 5.81. The molecule has 0 saturated carbocycles. The van der Waals surface area contributed by atoms with Crippen molar-refractivity contribution in [3.63, 3.8) is 0 Å². The highest BCUT2D eigenvalue weighted by Gasteiger charge is 2.17. The van der Waals surface area contributed by atoms with E-state index in [9.17, 15) is 4.79 Å². The van der Waals surface area contributed by atoms with Crippen molar-refractivity contribution in [1.82, 2.24) is 9.97 Å². The largest absolute Gasteiger partial charge is 0.365 e. The first-order valence-corrected chi connectivity index (χ1v) is 4.46. The van der Waals surface area contributed by atoms with E-state index in [0.717, 1.165) is 0 Å². The molecule has 5 heteroatoms. The number of nitrogens with two attached hydrogens (primary N) is 1. The number of hydrogen-bond donors (Lipinski definition) is 2. The summed E-state index contributed by atoms with van der Waals surface area (Å²) in [7, 11) is 0. The number of hydrogen-bond acceptors (Lipinski definition) is 2. The van der Waals surface area contributed by atoms with Gasteiger partial charge in [0.05, 0.1) is 11.1 Å². The van der Waals surface area contributed by atoms with E-state index in [2.05, 4.69) is 15.9 Å². The van der Waals surface area contributed by atoms with E-state index in [1.165, 1.54) is 0 Å². The van der Waals surface area contributed by atoms with Gasteiger partial charge in [0, 0.05) is 11.6 Å². The smallest absolute Gasteiger partial charge is 0.253 e. The van der Waals surface area contributed by atoms with E-state index in [1.54, 1.807) is 12.3 Å². The predicted molar refractivity (Wildman–Crippen MR) is 57.6 cm³/mol. The Labute approximate surface area is 90.4 Å². The molecule has 0 spiro atoms. The van der Waals surface area contributed by atoms with E-state index >= 15 is 0 Å². The van der Waals surface area contributed by atoms with Crippen molar-refractivity contribution in [2.45, 2.75) is 0 Å². The lowest BCUT2D eigenvalue weighted by Gasteiger charge is -2.03. The van der Waals surface area contributed by atoms with Crippen LogP contribution < -0.4 is 5.73 Å². The number of amides is 1. The number of nitrogens with zero attached hydrogens (tertiary/aromatic N) is 1. The number of terminal acetylenes is 1. The second kappa shape index (κ2) is 3.30. The van der Waals surface area contributed by atoms with Gasteiger partial charge in [-0.25, -0.2) is 4.98 Å². The van der Waals surface area contributed by atoms with Crippen molar-refractivity contribution in [2.75, 3.05) is 0 Å². The summed E-state index contributed by atoms with van der Waals surface area (Å²) in [6.07, 6.45) is 6.99. The lowest BCUT2D eigenvalue weighted by atomic mass is 10.1. The summed E-state index contributed by atoms with van der Waals surface area (Å²) in [5.41, 5.74) is 6.18. The van der Waals surface area contributed by atoms with Gasteiger partial charge in [-0.15, -0.1) is 6.42 Å². The molecule has 0 aliphatic rings. The van der Waals surface area contributed by atoms with E-state index < -0.39 is 5.91 Å². The molecule has 1 amide bonds. The Hall–Kier alpha value is -1.99. The summed E-state index contributed by atoms with van der Waals surface area (Å²) in [6.45, 7) is 0. The van der Waals surface area contributed by atoms with Crippen LogP contribution in [0.4, 0.5) is 0 Å². The molecule has 4 nitrogen and oxygen atoms in total. The quantitative estimate of drug-likeness (QED) is 0.561. The van der Waals surface area contributed by atoms with Gasteiger partial charge < -0.3 is 10.7 Å². The first-order valence-electron chi connectivity index (χ1n) is 4.08. The Morgan fingerprint density at radius 1 is 1.67 bits per heavy atom. The van der Waals surface area contributed by atoms with Gasteiger partial charge in [0.15, 0.2) is 0 Å². The molecule has 0 bridgehead atoms. The topological polar surface area (TPSA) is 71.8 Å². The van der Waals surface area contributed by atoms with Gasteiger partial charge in [-0.2, -0.15) is 0 Å². The highest BCUT2D eigenvalue weighted by molar-refractivity contribution is 6.33. The zero-order valence-electron chi connectivity index (χ0n) is 7.54. The maximum atomic E-state index is 11.2. The van der Waals surface area contributed by atoms with Crippen molar-refractivity contribution < 1.29 is 4.79 Å². The Balaban J connectivity index is 2.96. The van der Waals surface area contributed by atoms with Crippen LogP contribution in [0.15, 0.2) is 12.3 Å². The zero-order chi connectivity index (χ0) is 11.0. The Kier molecular flexibility index (Phi) is 2.10. The molecule has 2 aromatic heterocycles. The van der Waals surface area contributed by atoms with Gasteiger partial charge in [-0.05, 0) is 6.07 Å². The number of aromatic amines is 1. The molecule has 3 N–H and O–H groups in total. The highest BCUT2D eigenvalue weighted by atomic mass is 35.5. The van der Waals surface area contributed by atoms with E-state index in [4.69, 9.17) is 23.8 Å². The number of H-pyrrole nitrogens is 1. The number of pyridine rings is 1. The van der Waals surface area contributed by atoms with Crippen molar-refractivity contribution in [3.8, 4) is 12.3 Å². The fourth-order valence-electron chi connectivity index (χ4n) is 1.42. The van der Waals surface area contributed by atoms with Crippen molar-refractivity contribution in [3.05, 3.63) is 28.5 Å². The van der Waals surface area contributed by atoms with E-state index in [0.29, 0.717) is 16.6 Å². The Bertz CT molecular complexity index is 594. The standard InChI is InChI=1S/C10H6ClN3O/c1-2-5-6-3-4-13-10(6)14-8(11)7(5)9(12)15/h1,3-4H,(H2,12,15)(H,13,14). The molecule has 0 atom stereocenters. The first-order chi connectivity index (χ1) is 7.15. The number of halogens is 1. The monoisotopic (exact) mass is 219 g/mol. The van der Waals surface area contributed by atoms with Crippen LogP contribution in [-0.2, 0) is 0 Å². The minimum absolute atomic E-state index is 0.0189. The molecule has 0 aromatic carbocycles. The SMILES string of the molecule is C#Cc1c(C(N)=O)c(Cl)nc2[nH]ccc12. The van der Waals surface area contributed by atoms with Gasteiger partial charge in [0.2, 0.25) is 0 Å². The van der Waals surface area contributed by atoms with E-state index in [-0.39, 0.29) is 10.7 Å². The molecule has 0 fully saturated rings. The third-order valence-corrected chi connectivity index (χ3v) is 2.33. The molecule has 2 aromatic rings. The average Bonchev–Trinajstić information content (AvgIpc) is 2.62. The third kappa shape index (κ3) is 1.34. The molecule has 2 heterocycles. The van der Waals surface area contributed by atoms with Crippen LogP contribution in [0.25, 0.3) is 11.0 Å². The molecule has 0 aliphatic carbocycles. The normalized spacial score (nSPS) is 10.1. The second-order valence-electron chi connectivity index (χ2n) is 2.90. The molecule has 0 aliphatic heterocycles. The second-order valence-corrected chi connectivity index (χ2v) is 3.26. The lowest BCUT2D eigenvalue weighted by Crippen LogP contribution is -2.14. The van der Waals surface area contributed by atoms with Gasteiger partial charge >= 0.3 is 0 Å². The number of carbonyl (C=O) groups is 1. The van der Waals surface area contributed by atoms with Gasteiger partial charge in [-0.1, -0.05) is 17.5 Å². The number of rotatable bonds is 1. The number of aromatic nitrogens is 2. The fourth-order valence-corrected chi connectivity index (χ4v) is 1.69. The number of nitrogens with one attached hydrogen (secondary N) is 1. The van der Waals surface area contributed by atoms with Crippen LogP contribution in [0, 0.1) is 12.3 Å².